The minimum atomic E-state index is -2.80. The molecular weight excluding hydrogens is 806 g/mol. The van der Waals surface area contributed by atoms with Crippen molar-refractivity contribution in [3.05, 3.63) is 129 Å². The highest BCUT2D eigenvalue weighted by atomic mass is 35.5. The van der Waals surface area contributed by atoms with Gasteiger partial charge in [0.05, 0.1) is 17.5 Å². The van der Waals surface area contributed by atoms with E-state index in [-0.39, 0.29) is 45.5 Å². The monoisotopic (exact) mass is 830 g/mol. The van der Waals surface area contributed by atoms with E-state index >= 15 is 8.78 Å². The van der Waals surface area contributed by atoms with Crippen LogP contribution in [0.1, 0.15) is 35.4 Å². The number of anilines is 2. The minimum Gasteiger partial charge on any atom is -0.508 e. The van der Waals surface area contributed by atoms with Gasteiger partial charge in [-0.15, -0.1) is 23.2 Å². The Hall–Kier alpha value is -4.98. The van der Waals surface area contributed by atoms with Crippen LogP contribution in [0, 0.1) is 53.8 Å². The topological polar surface area (TPSA) is 104 Å². The van der Waals surface area contributed by atoms with Crippen molar-refractivity contribution in [1.82, 2.24) is 0 Å². The van der Waals surface area contributed by atoms with Crippen LogP contribution < -0.4 is 14.5 Å². The molecule has 4 aliphatic rings. The number of hydrogen-bond acceptors (Lipinski definition) is 6. The van der Waals surface area contributed by atoms with Crippen LogP contribution in [-0.2, 0) is 25.8 Å². The number of amides is 4. The van der Waals surface area contributed by atoms with Crippen LogP contribution >= 0.6 is 34.8 Å². The highest BCUT2D eigenvalue weighted by molar-refractivity contribution is 6.58. The first-order chi connectivity index (χ1) is 26.5. The van der Waals surface area contributed by atoms with Gasteiger partial charge in [-0.25, -0.2) is 31.8 Å². The quantitative estimate of drug-likeness (QED) is 0.0523. The molecule has 2 aliphatic heterocycles. The summed E-state index contributed by atoms with van der Waals surface area (Å²) in [6, 6.07) is 17.5. The number of benzene rings is 4. The smallest absolute Gasteiger partial charge is 0.258 e. The Balaban J connectivity index is 1.28. The third kappa shape index (κ3) is 5.23. The zero-order valence-electron chi connectivity index (χ0n) is 28.8. The van der Waals surface area contributed by atoms with Crippen LogP contribution in [0.3, 0.4) is 0 Å². The van der Waals surface area contributed by atoms with E-state index in [1.807, 2.05) is 6.07 Å². The van der Waals surface area contributed by atoms with E-state index in [0.717, 1.165) is 10.5 Å². The molecule has 3 fully saturated rings. The molecule has 6 atom stereocenters. The third-order valence-electron chi connectivity index (χ3n) is 11.2. The molecule has 0 spiro atoms. The number of phenolic OH excluding ortho intramolecular Hbond substituents is 1. The Morgan fingerprint density at radius 2 is 1.46 bits per heavy atom. The number of fused-ring (bicyclic) bond motifs is 4. The first-order valence-electron chi connectivity index (χ1n) is 17.1. The number of rotatable bonds is 6. The predicted molar refractivity (Wildman–Crippen MR) is 194 cm³/mol. The molecule has 2 saturated heterocycles. The molecule has 4 aromatic carbocycles. The maximum Gasteiger partial charge on any atom is 0.258 e. The SMILES string of the molecule is Cc1ccc(N2C(=O)[C@H]3[C@H](CC=C4[C@H]3C[C@@]3(Cl)C(=O)N(c5c(F)c(F)c(F)c(F)c5F)C(=O)[C@@]3(Cl)[C@H]4c3ccc(OCc4ccccc4)cc3O)C2=O)cc1Cl. The first kappa shape index (κ1) is 37.9. The Morgan fingerprint density at radius 3 is 2.11 bits per heavy atom. The Labute approximate surface area is 330 Å². The average Bonchev–Trinajstić information content (AvgIpc) is 3.52. The van der Waals surface area contributed by atoms with Gasteiger partial charge in [0.25, 0.3) is 11.8 Å². The first-order valence-corrected chi connectivity index (χ1v) is 18.3. The van der Waals surface area contributed by atoms with Gasteiger partial charge in [0.1, 0.15) is 23.8 Å². The summed E-state index contributed by atoms with van der Waals surface area (Å²) in [5.74, 6) is -22.5. The Bertz CT molecular complexity index is 2420. The second-order valence-electron chi connectivity index (χ2n) is 14.1. The summed E-state index contributed by atoms with van der Waals surface area (Å²) in [6.45, 7) is 1.81. The molecule has 0 unspecified atom stereocenters. The fourth-order valence-electron chi connectivity index (χ4n) is 8.49. The number of allylic oxidation sites excluding steroid dienone is 2. The molecule has 1 N–H and O–H groups in total. The number of nitrogens with zero attached hydrogens (tertiary/aromatic N) is 2. The second-order valence-corrected chi connectivity index (χ2v) is 15.8. The van der Waals surface area contributed by atoms with Gasteiger partial charge in [-0.05, 0) is 55.0 Å². The summed E-state index contributed by atoms with van der Waals surface area (Å²) in [6.07, 6.45) is 0.753. The van der Waals surface area contributed by atoms with E-state index in [1.165, 1.54) is 36.4 Å². The van der Waals surface area contributed by atoms with Gasteiger partial charge in [0.15, 0.2) is 33.0 Å². The highest BCUT2D eigenvalue weighted by Gasteiger charge is 2.77. The largest absolute Gasteiger partial charge is 0.508 e. The van der Waals surface area contributed by atoms with Crippen LogP contribution in [0.4, 0.5) is 33.3 Å². The van der Waals surface area contributed by atoms with Gasteiger partial charge in [-0.1, -0.05) is 65.7 Å². The lowest BCUT2D eigenvalue weighted by Gasteiger charge is -2.50. The van der Waals surface area contributed by atoms with Crippen molar-refractivity contribution in [2.75, 3.05) is 9.80 Å². The van der Waals surface area contributed by atoms with Crippen LogP contribution in [0.5, 0.6) is 11.5 Å². The number of halogens is 8. The second kappa shape index (κ2) is 13.3. The molecule has 288 valence electrons. The molecule has 0 radical (unpaired) electrons. The Morgan fingerprint density at radius 1 is 0.804 bits per heavy atom. The van der Waals surface area contributed by atoms with Crippen LogP contribution in [-0.4, -0.2) is 38.5 Å². The molecule has 16 heteroatoms. The van der Waals surface area contributed by atoms with Gasteiger partial charge in [-0.3, -0.25) is 19.2 Å². The number of carbonyl (C=O) groups excluding carboxylic acids is 4. The maximum atomic E-state index is 15.4. The van der Waals surface area contributed by atoms with Crippen molar-refractivity contribution in [2.45, 2.75) is 42.0 Å². The number of aryl methyl sites for hydroxylation is 1. The van der Waals surface area contributed by atoms with Crippen molar-refractivity contribution in [2.24, 2.45) is 17.8 Å². The molecule has 56 heavy (non-hydrogen) atoms. The number of aromatic hydroxyl groups is 1. The highest BCUT2D eigenvalue weighted by Crippen LogP contribution is 2.67. The summed E-state index contributed by atoms with van der Waals surface area (Å²) in [5, 5.41) is 11.8. The average molecular weight is 832 g/mol. The van der Waals surface area contributed by atoms with Crippen molar-refractivity contribution >= 4 is 69.8 Å². The van der Waals surface area contributed by atoms with E-state index < -0.39 is 104 Å². The van der Waals surface area contributed by atoms with E-state index in [4.69, 9.17) is 39.5 Å². The fourth-order valence-corrected chi connectivity index (χ4v) is 9.59. The summed E-state index contributed by atoms with van der Waals surface area (Å²) >= 11 is 20.7. The molecule has 0 aromatic heterocycles. The van der Waals surface area contributed by atoms with Gasteiger partial charge >= 0.3 is 0 Å². The lowest BCUT2D eigenvalue weighted by atomic mass is 9.56. The number of carbonyl (C=O) groups is 4. The zero-order chi connectivity index (χ0) is 40.2. The van der Waals surface area contributed by atoms with E-state index in [9.17, 15) is 37.5 Å². The minimum absolute atomic E-state index is 0.0849. The number of phenols is 1. The Kier molecular flexibility index (Phi) is 9.01. The molecule has 1 saturated carbocycles. The molecule has 2 heterocycles. The van der Waals surface area contributed by atoms with E-state index in [0.29, 0.717) is 5.56 Å². The van der Waals surface area contributed by atoms with Gasteiger partial charge in [-0.2, -0.15) is 0 Å². The zero-order valence-corrected chi connectivity index (χ0v) is 31.0. The number of hydrogen-bond donors (Lipinski definition) is 1. The molecule has 8 rings (SSSR count). The lowest BCUT2D eigenvalue weighted by molar-refractivity contribution is -0.125. The molecule has 4 amide bonds. The normalized spacial score (nSPS) is 27.0. The molecule has 2 aliphatic carbocycles. The summed E-state index contributed by atoms with van der Waals surface area (Å²) in [7, 11) is 0. The van der Waals surface area contributed by atoms with Crippen LogP contribution in [0.15, 0.2) is 78.4 Å². The number of alkyl halides is 2. The van der Waals surface area contributed by atoms with Gasteiger partial charge in [0, 0.05) is 22.6 Å². The predicted octanol–water partition coefficient (Wildman–Crippen LogP) is 8.40. The third-order valence-corrected chi connectivity index (χ3v) is 13.0. The van der Waals surface area contributed by atoms with Crippen molar-refractivity contribution in [3.63, 3.8) is 0 Å². The van der Waals surface area contributed by atoms with Gasteiger partial charge < -0.3 is 9.84 Å². The fraction of sp³-hybridized carbons (Fsp3) is 0.250. The number of imide groups is 2. The van der Waals surface area contributed by atoms with E-state index in [2.05, 4.69) is 0 Å². The molecule has 0 bridgehead atoms. The molecule has 8 nitrogen and oxygen atoms in total. The van der Waals surface area contributed by atoms with Crippen molar-refractivity contribution in [3.8, 4) is 11.5 Å². The van der Waals surface area contributed by atoms with Crippen molar-refractivity contribution in [1.29, 1.82) is 0 Å². The lowest BCUT2D eigenvalue weighted by Crippen LogP contribution is -2.60. The molecule has 4 aromatic rings. The molecular formula is C40H26Cl3F5N2O6. The standard InChI is InChI=1S/C40H26Cl3F5N2O6/c1-17-7-8-19(13-25(17)41)49-35(52)23-12-11-21-24(27(23)36(49)53)15-39(42)37(54)50(34-32(47)30(45)29(44)31(46)33(34)48)38(55)40(39,43)28(21)22-10-9-20(14-26(22)51)56-16-18-5-3-2-4-6-18/h2-11,13-14,23-24,27-28,51H,12,15-16H2,1H3/t23-,24+,27-,28+,39+,40-/m0/s1. The summed E-state index contributed by atoms with van der Waals surface area (Å²) < 4.78 is 79.8. The van der Waals surface area contributed by atoms with Crippen molar-refractivity contribution < 1.29 is 51.0 Å². The number of ether oxygens (including phenoxy) is 1. The van der Waals surface area contributed by atoms with Crippen LogP contribution in [0.2, 0.25) is 5.02 Å². The van der Waals surface area contributed by atoms with Gasteiger partial charge in [0.2, 0.25) is 17.6 Å². The summed E-state index contributed by atoms with van der Waals surface area (Å²) in [5.41, 5.74) is -0.238. The van der Waals surface area contributed by atoms with Crippen LogP contribution in [0.25, 0.3) is 0 Å². The summed E-state index contributed by atoms with van der Waals surface area (Å²) in [4.78, 5) is 52.4. The van der Waals surface area contributed by atoms with E-state index in [1.54, 1.807) is 37.3 Å². The maximum absolute atomic E-state index is 15.4.